The highest BCUT2D eigenvalue weighted by molar-refractivity contribution is 7.22. The highest BCUT2D eigenvalue weighted by atomic mass is 35.5. The molecule has 5 rings (SSSR count). The predicted molar refractivity (Wildman–Crippen MR) is 109 cm³/mol. The minimum absolute atomic E-state index is 0.537. The molecule has 0 fully saturated rings. The standard InChI is InChI=1S/C18H12ClN5S2/c1-10-2-4-11(5-3-10)14-9-25-18-22-16(23-24(14)18)21-17-20-13-7-6-12(19)8-15(13)26-17/h2-9H,1H3,(H,20,21,23). The van der Waals surface area contributed by atoms with Gasteiger partial charge in [-0.3, -0.25) is 5.32 Å². The van der Waals surface area contributed by atoms with Gasteiger partial charge in [-0.15, -0.1) is 16.4 Å². The smallest absolute Gasteiger partial charge is 0.250 e. The topological polar surface area (TPSA) is 55.1 Å². The summed E-state index contributed by atoms with van der Waals surface area (Å²) in [5.74, 6) is 0.537. The third-order valence-corrected chi connectivity index (χ3v) is 5.98. The summed E-state index contributed by atoms with van der Waals surface area (Å²) in [6.45, 7) is 2.08. The van der Waals surface area contributed by atoms with Crippen molar-refractivity contribution < 1.29 is 0 Å². The van der Waals surface area contributed by atoms with Crippen molar-refractivity contribution in [1.82, 2.24) is 19.6 Å². The molecule has 0 saturated carbocycles. The molecule has 2 aromatic carbocycles. The molecule has 0 amide bonds. The van der Waals surface area contributed by atoms with Crippen LogP contribution in [0.4, 0.5) is 11.1 Å². The van der Waals surface area contributed by atoms with Crippen LogP contribution in [0.1, 0.15) is 5.56 Å². The Morgan fingerprint density at radius 3 is 2.77 bits per heavy atom. The van der Waals surface area contributed by atoms with E-state index < -0.39 is 0 Å². The second-order valence-corrected chi connectivity index (χ2v) is 8.18. The van der Waals surface area contributed by atoms with Crippen LogP contribution in [0.15, 0.2) is 47.8 Å². The Hall–Kier alpha value is -2.48. The number of nitrogens with zero attached hydrogens (tertiary/aromatic N) is 4. The molecule has 0 atom stereocenters. The number of anilines is 2. The van der Waals surface area contributed by atoms with Gasteiger partial charge in [-0.1, -0.05) is 52.8 Å². The summed E-state index contributed by atoms with van der Waals surface area (Å²) in [7, 11) is 0. The van der Waals surface area contributed by atoms with Crippen LogP contribution in [0.3, 0.4) is 0 Å². The molecule has 3 heterocycles. The van der Waals surface area contributed by atoms with Crippen LogP contribution in [0.2, 0.25) is 5.02 Å². The van der Waals surface area contributed by atoms with Crippen molar-refractivity contribution in [1.29, 1.82) is 0 Å². The first-order chi connectivity index (χ1) is 12.7. The fraction of sp³-hybridized carbons (Fsp3) is 0.0556. The van der Waals surface area contributed by atoms with Crippen molar-refractivity contribution in [2.45, 2.75) is 6.92 Å². The summed E-state index contributed by atoms with van der Waals surface area (Å²) in [6, 6.07) is 14.1. The zero-order chi connectivity index (χ0) is 17.7. The third-order valence-electron chi connectivity index (χ3n) is 4.00. The SMILES string of the molecule is Cc1ccc(-c2csc3nc(Nc4nc5ccc(Cl)cc5s4)nn23)cc1. The number of aromatic nitrogens is 4. The molecule has 8 heteroatoms. The number of thiazole rings is 2. The monoisotopic (exact) mass is 397 g/mol. The first-order valence-corrected chi connectivity index (χ1v) is 9.97. The average Bonchev–Trinajstić information content (AvgIpc) is 3.29. The van der Waals surface area contributed by atoms with Gasteiger partial charge in [-0.2, -0.15) is 4.98 Å². The molecule has 128 valence electrons. The molecule has 0 saturated heterocycles. The molecule has 26 heavy (non-hydrogen) atoms. The van der Waals surface area contributed by atoms with Crippen LogP contribution >= 0.6 is 34.3 Å². The summed E-state index contributed by atoms with van der Waals surface area (Å²) in [5.41, 5.74) is 4.29. The van der Waals surface area contributed by atoms with E-state index in [1.165, 1.54) is 16.9 Å². The van der Waals surface area contributed by atoms with E-state index in [1.807, 2.05) is 22.7 Å². The highest BCUT2D eigenvalue weighted by Gasteiger charge is 2.13. The van der Waals surface area contributed by atoms with Crippen molar-refractivity contribution >= 4 is 60.5 Å². The zero-order valence-electron chi connectivity index (χ0n) is 13.6. The Labute approximate surface area is 161 Å². The fourth-order valence-electron chi connectivity index (χ4n) is 2.70. The summed E-state index contributed by atoms with van der Waals surface area (Å²) in [4.78, 5) is 9.96. The molecule has 5 nitrogen and oxygen atoms in total. The van der Waals surface area contributed by atoms with E-state index in [0.29, 0.717) is 11.0 Å². The van der Waals surface area contributed by atoms with Gasteiger partial charge in [-0.05, 0) is 25.1 Å². The van der Waals surface area contributed by atoms with Crippen LogP contribution in [-0.2, 0) is 0 Å². The minimum atomic E-state index is 0.537. The van der Waals surface area contributed by atoms with Crippen molar-refractivity contribution in [3.63, 3.8) is 0 Å². The van der Waals surface area contributed by atoms with Crippen LogP contribution in [-0.4, -0.2) is 19.6 Å². The number of hydrogen-bond acceptors (Lipinski definition) is 6. The number of hydrogen-bond donors (Lipinski definition) is 1. The van der Waals surface area contributed by atoms with Gasteiger partial charge in [0.2, 0.25) is 10.9 Å². The Kier molecular flexibility index (Phi) is 3.66. The van der Waals surface area contributed by atoms with Gasteiger partial charge >= 0.3 is 0 Å². The number of rotatable bonds is 3. The fourth-order valence-corrected chi connectivity index (χ4v) is 4.67. The molecule has 0 spiro atoms. The van der Waals surface area contributed by atoms with E-state index in [9.17, 15) is 0 Å². The van der Waals surface area contributed by atoms with E-state index in [1.54, 1.807) is 11.3 Å². The van der Waals surface area contributed by atoms with E-state index in [2.05, 4.69) is 57.0 Å². The maximum absolute atomic E-state index is 6.04. The highest BCUT2D eigenvalue weighted by Crippen LogP contribution is 2.31. The summed E-state index contributed by atoms with van der Waals surface area (Å²) >= 11 is 9.14. The first-order valence-electron chi connectivity index (χ1n) is 7.90. The van der Waals surface area contributed by atoms with Crippen LogP contribution in [0.25, 0.3) is 26.4 Å². The van der Waals surface area contributed by atoms with Gasteiger partial charge in [0.15, 0.2) is 5.13 Å². The number of aryl methyl sites for hydroxylation is 1. The number of fused-ring (bicyclic) bond motifs is 2. The van der Waals surface area contributed by atoms with Gasteiger partial charge in [0.25, 0.3) is 0 Å². The van der Waals surface area contributed by atoms with Crippen molar-refractivity contribution in [3.8, 4) is 11.3 Å². The molecule has 3 aromatic heterocycles. The largest absolute Gasteiger partial charge is 0.299 e. The molecule has 0 aliphatic heterocycles. The Bertz CT molecular complexity index is 1240. The third kappa shape index (κ3) is 2.74. The normalized spacial score (nSPS) is 11.5. The second-order valence-electron chi connectivity index (χ2n) is 5.87. The van der Waals surface area contributed by atoms with Crippen molar-refractivity contribution in [2.75, 3.05) is 5.32 Å². The Balaban J connectivity index is 1.50. The second kappa shape index (κ2) is 6.05. The Morgan fingerprint density at radius 1 is 1.08 bits per heavy atom. The lowest BCUT2D eigenvalue weighted by atomic mass is 10.1. The minimum Gasteiger partial charge on any atom is -0.299 e. The van der Waals surface area contributed by atoms with Crippen molar-refractivity contribution in [2.24, 2.45) is 0 Å². The molecule has 5 aromatic rings. The van der Waals surface area contributed by atoms with Crippen LogP contribution < -0.4 is 5.32 Å². The summed E-state index contributed by atoms with van der Waals surface area (Å²) < 4.78 is 2.89. The first kappa shape index (κ1) is 15.7. The van der Waals surface area contributed by atoms with E-state index >= 15 is 0 Å². The lowest BCUT2D eigenvalue weighted by Crippen LogP contribution is -1.93. The van der Waals surface area contributed by atoms with E-state index in [0.717, 1.165) is 31.6 Å². The lowest BCUT2D eigenvalue weighted by molar-refractivity contribution is 0.988. The van der Waals surface area contributed by atoms with Gasteiger partial charge < -0.3 is 0 Å². The van der Waals surface area contributed by atoms with Gasteiger partial charge in [-0.25, -0.2) is 9.50 Å². The quantitative estimate of drug-likeness (QED) is 0.419. The molecule has 0 unspecified atom stereocenters. The molecule has 1 N–H and O–H groups in total. The number of nitrogens with one attached hydrogen (secondary N) is 1. The molecular weight excluding hydrogens is 386 g/mol. The van der Waals surface area contributed by atoms with Crippen LogP contribution in [0.5, 0.6) is 0 Å². The van der Waals surface area contributed by atoms with Gasteiger partial charge in [0.1, 0.15) is 0 Å². The molecule has 0 aliphatic carbocycles. The number of halogens is 1. The lowest BCUT2D eigenvalue weighted by Gasteiger charge is -1.99. The Morgan fingerprint density at radius 2 is 1.92 bits per heavy atom. The van der Waals surface area contributed by atoms with Crippen LogP contribution in [0, 0.1) is 6.92 Å². The summed E-state index contributed by atoms with van der Waals surface area (Å²) in [5, 5.41) is 11.3. The molecule has 0 aliphatic rings. The predicted octanol–water partition coefficient (Wildman–Crippen LogP) is 5.77. The molecule has 0 radical (unpaired) electrons. The molecular formula is C18H12ClN5S2. The van der Waals surface area contributed by atoms with Gasteiger partial charge in [0.05, 0.1) is 15.9 Å². The summed E-state index contributed by atoms with van der Waals surface area (Å²) in [6.07, 6.45) is 0. The maximum atomic E-state index is 6.04. The van der Waals surface area contributed by atoms with E-state index in [-0.39, 0.29) is 0 Å². The van der Waals surface area contributed by atoms with Crippen molar-refractivity contribution in [3.05, 3.63) is 58.4 Å². The maximum Gasteiger partial charge on any atom is 0.250 e. The number of benzene rings is 2. The van der Waals surface area contributed by atoms with Gasteiger partial charge in [0, 0.05) is 16.0 Å². The molecule has 0 bridgehead atoms. The average molecular weight is 398 g/mol. The zero-order valence-corrected chi connectivity index (χ0v) is 16.0. The van der Waals surface area contributed by atoms with E-state index in [4.69, 9.17) is 11.6 Å².